The van der Waals surface area contributed by atoms with E-state index >= 15 is 8.78 Å². The van der Waals surface area contributed by atoms with Gasteiger partial charge in [0.1, 0.15) is 11.6 Å². The largest absolute Gasteiger partial charge is 0.216 e. The minimum absolute atomic E-state index is 0.00758. The lowest BCUT2D eigenvalue weighted by molar-refractivity contribution is 0.131. The van der Waals surface area contributed by atoms with Crippen LogP contribution in [-0.4, -0.2) is 0 Å². The third-order valence-corrected chi connectivity index (χ3v) is 7.86. The molecule has 0 spiro atoms. The summed E-state index contributed by atoms with van der Waals surface area (Å²) in [5.41, 5.74) is 2.08. The van der Waals surface area contributed by atoms with E-state index in [1.165, 1.54) is 0 Å². The van der Waals surface area contributed by atoms with E-state index in [0.717, 1.165) is 81.8 Å². The SMILES string of the molecule is CCCC1CCc2c(cc(F)c(C3CCC4CC(/C=C/F)CCC4C3)c2F)C1. The fraction of sp³-hybridized carbons (Fsp3) is 0.680. The molecule has 154 valence electrons. The molecular formula is C25H33F3. The third-order valence-electron chi connectivity index (χ3n) is 7.86. The van der Waals surface area contributed by atoms with Gasteiger partial charge in [0.15, 0.2) is 0 Å². The van der Waals surface area contributed by atoms with Crippen molar-refractivity contribution in [3.63, 3.8) is 0 Å². The highest BCUT2D eigenvalue weighted by Gasteiger charge is 2.38. The van der Waals surface area contributed by atoms with E-state index < -0.39 is 0 Å². The molecule has 3 heteroatoms. The molecule has 1 aromatic carbocycles. The predicted molar refractivity (Wildman–Crippen MR) is 108 cm³/mol. The normalized spacial score (nSPS) is 32.9. The Bertz CT molecular complexity index is 723. The number of allylic oxidation sites excluding steroid dienone is 1. The van der Waals surface area contributed by atoms with Crippen molar-refractivity contribution in [3.05, 3.63) is 46.8 Å². The van der Waals surface area contributed by atoms with E-state index in [2.05, 4.69) is 6.92 Å². The fourth-order valence-corrected chi connectivity index (χ4v) is 6.43. The highest BCUT2D eigenvalue weighted by atomic mass is 19.1. The monoisotopic (exact) mass is 390 g/mol. The Morgan fingerprint density at radius 2 is 1.82 bits per heavy atom. The van der Waals surface area contributed by atoms with Crippen LogP contribution in [0.15, 0.2) is 18.5 Å². The molecule has 3 aliphatic carbocycles. The first-order valence-corrected chi connectivity index (χ1v) is 11.4. The molecule has 4 rings (SSSR count). The summed E-state index contributed by atoms with van der Waals surface area (Å²) in [6.07, 6.45) is 13.1. The molecular weight excluding hydrogens is 357 g/mol. The van der Waals surface area contributed by atoms with Crippen LogP contribution in [0.25, 0.3) is 0 Å². The molecule has 2 saturated carbocycles. The summed E-state index contributed by atoms with van der Waals surface area (Å²) >= 11 is 0. The van der Waals surface area contributed by atoms with Crippen molar-refractivity contribution < 1.29 is 13.2 Å². The number of hydrogen-bond donors (Lipinski definition) is 0. The van der Waals surface area contributed by atoms with Gasteiger partial charge in [-0.05, 0) is 105 Å². The number of benzene rings is 1. The fourth-order valence-electron chi connectivity index (χ4n) is 6.43. The summed E-state index contributed by atoms with van der Waals surface area (Å²) < 4.78 is 43.0. The lowest BCUT2D eigenvalue weighted by Crippen LogP contribution is -2.31. The van der Waals surface area contributed by atoms with Crippen LogP contribution in [0.4, 0.5) is 13.2 Å². The maximum Gasteiger partial charge on any atom is 0.133 e. The van der Waals surface area contributed by atoms with Crippen LogP contribution in [0.3, 0.4) is 0 Å². The first-order chi connectivity index (χ1) is 13.6. The van der Waals surface area contributed by atoms with Crippen molar-refractivity contribution in [1.82, 2.24) is 0 Å². The summed E-state index contributed by atoms with van der Waals surface area (Å²) in [6, 6.07) is 1.66. The molecule has 3 aliphatic rings. The summed E-state index contributed by atoms with van der Waals surface area (Å²) in [5, 5.41) is 0. The molecule has 0 aromatic heterocycles. The smallest absolute Gasteiger partial charge is 0.133 e. The molecule has 2 fully saturated rings. The summed E-state index contributed by atoms with van der Waals surface area (Å²) in [7, 11) is 0. The van der Waals surface area contributed by atoms with Gasteiger partial charge in [-0.3, -0.25) is 0 Å². The molecule has 0 saturated heterocycles. The van der Waals surface area contributed by atoms with Crippen LogP contribution >= 0.6 is 0 Å². The third kappa shape index (κ3) is 3.91. The molecule has 0 nitrogen and oxygen atoms in total. The van der Waals surface area contributed by atoms with Crippen molar-refractivity contribution in [2.45, 2.75) is 83.5 Å². The van der Waals surface area contributed by atoms with Gasteiger partial charge in [-0.25, -0.2) is 13.2 Å². The first-order valence-electron chi connectivity index (χ1n) is 11.4. The lowest BCUT2D eigenvalue weighted by Gasteiger charge is -2.42. The molecule has 5 unspecified atom stereocenters. The molecule has 0 bridgehead atoms. The second-order valence-electron chi connectivity index (χ2n) is 9.54. The molecule has 1 aromatic rings. The van der Waals surface area contributed by atoms with E-state index in [0.29, 0.717) is 35.6 Å². The zero-order chi connectivity index (χ0) is 19.7. The number of halogens is 3. The van der Waals surface area contributed by atoms with Gasteiger partial charge in [-0.2, -0.15) is 0 Å². The van der Waals surface area contributed by atoms with Crippen LogP contribution in [-0.2, 0) is 12.8 Å². The number of hydrogen-bond acceptors (Lipinski definition) is 0. The van der Waals surface area contributed by atoms with Gasteiger partial charge in [-0.1, -0.05) is 25.8 Å². The summed E-state index contributed by atoms with van der Waals surface area (Å²) in [4.78, 5) is 0. The molecule has 0 heterocycles. The van der Waals surface area contributed by atoms with Crippen molar-refractivity contribution in [2.24, 2.45) is 23.7 Å². The van der Waals surface area contributed by atoms with E-state index in [1.807, 2.05) is 0 Å². The van der Waals surface area contributed by atoms with Crippen LogP contribution in [0, 0.1) is 35.3 Å². The maximum atomic E-state index is 15.4. The zero-order valence-corrected chi connectivity index (χ0v) is 17.0. The topological polar surface area (TPSA) is 0 Å². The molecule has 0 aliphatic heterocycles. The van der Waals surface area contributed by atoms with Gasteiger partial charge in [0.25, 0.3) is 0 Å². The minimum atomic E-state index is -0.314. The summed E-state index contributed by atoms with van der Waals surface area (Å²) in [5.74, 6) is 1.50. The average molecular weight is 391 g/mol. The molecule has 0 radical (unpaired) electrons. The Morgan fingerprint density at radius 3 is 2.61 bits per heavy atom. The van der Waals surface area contributed by atoms with E-state index in [1.54, 1.807) is 12.1 Å². The van der Waals surface area contributed by atoms with Gasteiger partial charge in [0.2, 0.25) is 0 Å². The van der Waals surface area contributed by atoms with Gasteiger partial charge in [0.05, 0.1) is 6.33 Å². The van der Waals surface area contributed by atoms with E-state index in [4.69, 9.17) is 0 Å². The summed E-state index contributed by atoms with van der Waals surface area (Å²) in [6.45, 7) is 2.18. The van der Waals surface area contributed by atoms with Crippen LogP contribution < -0.4 is 0 Å². The predicted octanol–water partition coefficient (Wildman–Crippen LogP) is 7.65. The highest BCUT2D eigenvalue weighted by molar-refractivity contribution is 5.39. The maximum absolute atomic E-state index is 15.4. The van der Waals surface area contributed by atoms with Gasteiger partial charge < -0.3 is 0 Å². The highest BCUT2D eigenvalue weighted by Crippen LogP contribution is 2.49. The second kappa shape index (κ2) is 8.63. The van der Waals surface area contributed by atoms with Crippen molar-refractivity contribution in [2.75, 3.05) is 0 Å². The van der Waals surface area contributed by atoms with Gasteiger partial charge in [-0.15, -0.1) is 0 Å². The molecule has 0 amide bonds. The molecule has 5 atom stereocenters. The Labute approximate surface area is 167 Å². The average Bonchev–Trinajstić information content (AvgIpc) is 2.68. The second-order valence-corrected chi connectivity index (χ2v) is 9.54. The van der Waals surface area contributed by atoms with Gasteiger partial charge >= 0.3 is 0 Å². The van der Waals surface area contributed by atoms with Crippen molar-refractivity contribution >= 4 is 0 Å². The lowest BCUT2D eigenvalue weighted by atomic mass is 9.63. The van der Waals surface area contributed by atoms with Crippen molar-refractivity contribution in [1.29, 1.82) is 0 Å². The Kier molecular flexibility index (Phi) is 6.18. The van der Waals surface area contributed by atoms with Crippen molar-refractivity contribution in [3.8, 4) is 0 Å². The van der Waals surface area contributed by atoms with Crippen LogP contribution in [0.1, 0.15) is 87.3 Å². The number of rotatable bonds is 4. The quantitative estimate of drug-likeness (QED) is 0.495. The Morgan fingerprint density at radius 1 is 1.04 bits per heavy atom. The van der Waals surface area contributed by atoms with E-state index in [9.17, 15) is 4.39 Å². The van der Waals surface area contributed by atoms with Gasteiger partial charge in [0, 0.05) is 5.56 Å². The first kappa shape index (κ1) is 20.0. The van der Waals surface area contributed by atoms with Crippen LogP contribution in [0.2, 0.25) is 0 Å². The minimum Gasteiger partial charge on any atom is -0.216 e. The standard InChI is InChI=1S/C25H33F3/c1-2-3-16-5-9-22-21(13-16)15-23(27)24(25(22)28)20-8-7-18-12-17(10-11-26)4-6-19(18)14-20/h10-11,15-20H,2-9,12-14H2,1H3/b11-10+. The number of fused-ring (bicyclic) bond motifs is 2. The van der Waals surface area contributed by atoms with E-state index in [-0.39, 0.29) is 17.6 Å². The molecule has 0 N–H and O–H groups in total. The Hall–Kier alpha value is -1.25. The van der Waals surface area contributed by atoms with Crippen LogP contribution in [0.5, 0.6) is 0 Å². The zero-order valence-electron chi connectivity index (χ0n) is 17.0. The Balaban J connectivity index is 1.51. The molecule has 28 heavy (non-hydrogen) atoms.